The van der Waals surface area contributed by atoms with Crippen molar-refractivity contribution < 1.29 is 0 Å². The molecule has 0 spiro atoms. The molecule has 0 aromatic heterocycles. The Labute approximate surface area is 106 Å². The molecule has 1 rings (SSSR count). The third kappa shape index (κ3) is 4.39. The van der Waals surface area contributed by atoms with E-state index in [0.29, 0.717) is 12.1 Å². The number of nitrogens with zero attached hydrogens (tertiary/aromatic N) is 1. The fourth-order valence-electron chi connectivity index (χ4n) is 2.26. The van der Waals surface area contributed by atoms with Crippen LogP contribution in [-0.4, -0.2) is 17.0 Å². The predicted octanol–water partition coefficient (Wildman–Crippen LogP) is 3.67. The summed E-state index contributed by atoms with van der Waals surface area (Å²) in [4.78, 5) is 2.55. The van der Waals surface area contributed by atoms with Gasteiger partial charge in [-0.05, 0) is 44.9 Å². The van der Waals surface area contributed by atoms with E-state index in [0.717, 1.165) is 12.2 Å². The molecule has 0 radical (unpaired) electrons. The topological polar surface area (TPSA) is 29.3 Å². The highest BCUT2D eigenvalue weighted by Gasteiger charge is 2.16. The molecule has 2 N–H and O–H groups in total. The number of nitrogens with two attached hydrogens (primary N) is 1. The number of hydrogen-bond acceptors (Lipinski definition) is 2. The molecule has 1 unspecified atom stereocenters. The summed E-state index contributed by atoms with van der Waals surface area (Å²) < 4.78 is 0. The van der Waals surface area contributed by atoms with Crippen LogP contribution in [0.15, 0.2) is 24.3 Å². The highest BCUT2D eigenvalue weighted by molar-refractivity contribution is 5.39. The van der Waals surface area contributed by atoms with Crippen molar-refractivity contribution >= 4 is 5.69 Å². The second kappa shape index (κ2) is 6.65. The third-order valence-corrected chi connectivity index (χ3v) is 3.28. The molecular weight excluding hydrogens is 208 g/mol. The summed E-state index contributed by atoms with van der Waals surface area (Å²) >= 11 is 0. The maximum absolute atomic E-state index is 5.71. The third-order valence-electron chi connectivity index (χ3n) is 3.28. The van der Waals surface area contributed by atoms with Crippen molar-refractivity contribution in [2.75, 3.05) is 5.73 Å². The minimum absolute atomic E-state index is 0.578. The first-order valence-corrected chi connectivity index (χ1v) is 6.64. The maximum atomic E-state index is 5.71. The van der Waals surface area contributed by atoms with Gasteiger partial charge in [-0.2, -0.15) is 0 Å². The Morgan fingerprint density at radius 2 is 1.71 bits per heavy atom. The lowest BCUT2D eigenvalue weighted by molar-refractivity contribution is 0.147. The minimum Gasteiger partial charge on any atom is -0.399 e. The summed E-state index contributed by atoms with van der Waals surface area (Å²) in [6.45, 7) is 10.1. The van der Waals surface area contributed by atoms with Gasteiger partial charge < -0.3 is 5.73 Å². The van der Waals surface area contributed by atoms with Crippen LogP contribution in [0.3, 0.4) is 0 Å². The molecule has 1 aromatic carbocycles. The summed E-state index contributed by atoms with van der Waals surface area (Å²) in [7, 11) is 0. The Morgan fingerprint density at radius 3 is 2.18 bits per heavy atom. The van der Waals surface area contributed by atoms with Gasteiger partial charge in [-0.25, -0.2) is 0 Å². The number of rotatable bonds is 6. The smallest absolute Gasteiger partial charge is 0.0314 e. The molecule has 17 heavy (non-hydrogen) atoms. The Hall–Kier alpha value is -1.02. The summed E-state index contributed by atoms with van der Waals surface area (Å²) in [6.07, 6.45) is 2.50. The van der Waals surface area contributed by atoms with E-state index in [9.17, 15) is 0 Å². The lowest BCUT2D eigenvalue weighted by atomic mass is 10.1. The molecule has 2 heteroatoms. The molecule has 2 nitrogen and oxygen atoms in total. The molecule has 0 saturated heterocycles. The van der Waals surface area contributed by atoms with E-state index in [2.05, 4.69) is 44.7 Å². The van der Waals surface area contributed by atoms with Gasteiger partial charge in [0.2, 0.25) is 0 Å². The zero-order valence-corrected chi connectivity index (χ0v) is 11.6. The quantitative estimate of drug-likeness (QED) is 0.761. The Bertz CT molecular complexity index is 316. The lowest BCUT2D eigenvalue weighted by Gasteiger charge is -2.32. The molecule has 0 aliphatic rings. The standard InChI is InChI=1S/C15H26N2/c1-5-6-13(4)17(12(2)3)11-14-7-9-15(16)10-8-14/h7-10,12-13H,5-6,11,16H2,1-4H3. The van der Waals surface area contributed by atoms with E-state index in [1.54, 1.807) is 0 Å². The van der Waals surface area contributed by atoms with Crippen LogP contribution >= 0.6 is 0 Å². The van der Waals surface area contributed by atoms with Crippen LogP contribution < -0.4 is 5.73 Å². The van der Waals surface area contributed by atoms with Crippen molar-refractivity contribution in [3.8, 4) is 0 Å². The molecule has 1 atom stereocenters. The maximum Gasteiger partial charge on any atom is 0.0314 e. The van der Waals surface area contributed by atoms with Crippen LogP contribution in [0.25, 0.3) is 0 Å². The molecule has 0 aliphatic heterocycles. The van der Waals surface area contributed by atoms with Crippen molar-refractivity contribution in [2.45, 2.75) is 59.2 Å². The van der Waals surface area contributed by atoms with Crippen LogP contribution in [0.2, 0.25) is 0 Å². The fraction of sp³-hybridized carbons (Fsp3) is 0.600. The van der Waals surface area contributed by atoms with Gasteiger partial charge in [0, 0.05) is 24.3 Å². The van der Waals surface area contributed by atoms with Crippen LogP contribution in [0, 0.1) is 0 Å². The average Bonchev–Trinajstić information content (AvgIpc) is 2.28. The van der Waals surface area contributed by atoms with E-state index in [1.807, 2.05) is 12.1 Å². The monoisotopic (exact) mass is 234 g/mol. The van der Waals surface area contributed by atoms with Crippen molar-refractivity contribution in [1.29, 1.82) is 0 Å². The van der Waals surface area contributed by atoms with Gasteiger partial charge in [0.1, 0.15) is 0 Å². The number of anilines is 1. The molecule has 0 bridgehead atoms. The largest absolute Gasteiger partial charge is 0.399 e. The van der Waals surface area contributed by atoms with Crippen molar-refractivity contribution in [1.82, 2.24) is 4.90 Å². The Balaban J connectivity index is 2.69. The van der Waals surface area contributed by atoms with Gasteiger partial charge >= 0.3 is 0 Å². The second-order valence-corrected chi connectivity index (χ2v) is 5.15. The van der Waals surface area contributed by atoms with Crippen molar-refractivity contribution in [3.63, 3.8) is 0 Å². The molecule has 0 amide bonds. The highest BCUT2D eigenvalue weighted by Crippen LogP contribution is 2.16. The highest BCUT2D eigenvalue weighted by atomic mass is 15.2. The zero-order chi connectivity index (χ0) is 12.8. The molecule has 96 valence electrons. The SMILES string of the molecule is CCCC(C)N(Cc1ccc(N)cc1)C(C)C. The van der Waals surface area contributed by atoms with Crippen LogP contribution in [0.1, 0.15) is 46.1 Å². The van der Waals surface area contributed by atoms with Crippen LogP contribution in [-0.2, 0) is 6.54 Å². The number of benzene rings is 1. The van der Waals surface area contributed by atoms with E-state index < -0.39 is 0 Å². The summed E-state index contributed by atoms with van der Waals surface area (Å²) in [5.41, 5.74) is 7.89. The average molecular weight is 234 g/mol. The first kappa shape index (κ1) is 14.0. The van der Waals surface area contributed by atoms with E-state index >= 15 is 0 Å². The van der Waals surface area contributed by atoms with Gasteiger partial charge in [0.15, 0.2) is 0 Å². The van der Waals surface area contributed by atoms with Gasteiger partial charge in [0.05, 0.1) is 0 Å². The number of nitrogen functional groups attached to an aromatic ring is 1. The van der Waals surface area contributed by atoms with Crippen molar-refractivity contribution in [2.24, 2.45) is 0 Å². The molecule has 0 aliphatic carbocycles. The first-order valence-electron chi connectivity index (χ1n) is 6.64. The molecule has 0 heterocycles. The molecule has 1 aromatic rings. The zero-order valence-electron chi connectivity index (χ0n) is 11.6. The van der Waals surface area contributed by atoms with Gasteiger partial charge in [-0.15, -0.1) is 0 Å². The summed E-state index contributed by atoms with van der Waals surface area (Å²) in [5.74, 6) is 0. The van der Waals surface area contributed by atoms with Gasteiger partial charge in [-0.3, -0.25) is 4.90 Å². The second-order valence-electron chi connectivity index (χ2n) is 5.15. The number of hydrogen-bond donors (Lipinski definition) is 1. The van der Waals surface area contributed by atoms with Gasteiger partial charge in [0.25, 0.3) is 0 Å². The summed E-state index contributed by atoms with van der Waals surface area (Å²) in [6, 6.07) is 9.44. The summed E-state index contributed by atoms with van der Waals surface area (Å²) in [5, 5.41) is 0. The molecule has 0 fully saturated rings. The Kier molecular flexibility index (Phi) is 5.49. The minimum atomic E-state index is 0.578. The normalized spacial score (nSPS) is 13.3. The Morgan fingerprint density at radius 1 is 1.12 bits per heavy atom. The van der Waals surface area contributed by atoms with E-state index in [1.165, 1.54) is 18.4 Å². The van der Waals surface area contributed by atoms with E-state index in [-0.39, 0.29) is 0 Å². The molecular formula is C15H26N2. The van der Waals surface area contributed by atoms with E-state index in [4.69, 9.17) is 5.73 Å². The van der Waals surface area contributed by atoms with Crippen LogP contribution in [0.5, 0.6) is 0 Å². The molecule has 0 saturated carbocycles. The lowest BCUT2D eigenvalue weighted by Crippen LogP contribution is -2.38. The fourth-order valence-corrected chi connectivity index (χ4v) is 2.26. The van der Waals surface area contributed by atoms with Crippen LogP contribution in [0.4, 0.5) is 5.69 Å². The van der Waals surface area contributed by atoms with Gasteiger partial charge in [-0.1, -0.05) is 25.5 Å². The predicted molar refractivity (Wildman–Crippen MR) is 75.9 cm³/mol. The van der Waals surface area contributed by atoms with Crippen molar-refractivity contribution in [3.05, 3.63) is 29.8 Å². The first-order chi connectivity index (χ1) is 8.04.